The third kappa shape index (κ3) is 4.41. The number of carbonyl (C=O) groups is 3. The molecule has 5 rings (SSSR count). The second-order valence-corrected chi connectivity index (χ2v) is 8.93. The number of hydrogen-bond acceptors (Lipinski definition) is 6. The van der Waals surface area contributed by atoms with Crippen LogP contribution in [0.15, 0.2) is 63.8 Å². The maximum absolute atomic E-state index is 15.2. The molecule has 3 aromatic carbocycles. The predicted molar refractivity (Wildman–Crippen MR) is 137 cm³/mol. The van der Waals surface area contributed by atoms with Gasteiger partial charge in [0, 0.05) is 37.7 Å². The van der Waals surface area contributed by atoms with Crippen LogP contribution in [0.5, 0.6) is 0 Å². The van der Waals surface area contributed by atoms with Crippen molar-refractivity contribution in [1.29, 1.82) is 0 Å². The number of nitrogen functional groups attached to an aromatic ring is 1. The van der Waals surface area contributed by atoms with Crippen molar-refractivity contribution >= 4 is 40.1 Å². The number of nitrogens with two attached hydrogens (primary N) is 1. The maximum atomic E-state index is 15.2. The Bertz CT molecular complexity index is 1720. The Morgan fingerprint density at radius 2 is 1.59 bits per heavy atom. The lowest BCUT2D eigenvalue weighted by molar-refractivity contribution is -0.116. The fourth-order valence-electron chi connectivity index (χ4n) is 4.59. The van der Waals surface area contributed by atoms with E-state index in [1.54, 1.807) is 24.3 Å². The molecule has 2 heterocycles. The number of hydrogen-bond donors (Lipinski definition) is 1. The van der Waals surface area contributed by atoms with Crippen LogP contribution in [0.2, 0.25) is 0 Å². The monoisotopic (exact) mass is 535 g/mol. The first-order valence-corrected chi connectivity index (χ1v) is 11.8. The number of halogens is 3. The normalized spacial score (nSPS) is 12.8. The number of imide groups is 1. The molecule has 0 radical (unpaired) electrons. The predicted octanol–water partition coefficient (Wildman–Crippen LogP) is 4.50. The molecule has 1 aliphatic heterocycles. The number of carbonyl (C=O) groups excluding carboxylic acids is 3. The lowest BCUT2D eigenvalue weighted by Crippen LogP contribution is -2.35. The summed E-state index contributed by atoms with van der Waals surface area (Å²) in [6, 6.07) is 11.5. The Balaban J connectivity index is 1.37. The van der Waals surface area contributed by atoms with Crippen LogP contribution in [0.25, 0.3) is 22.3 Å². The van der Waals surface area contributed by atoms with Crippen molar-refractivity contribution in [2.45, 2.75) is 13.3 Å². The molecule has 11 heteroatoms. The molecule has 3 amide bonds. The van der Waals surface area contributed by atoms with Crippen LogP contribution >= 0.6 is 0 Å². The zero-order valence-electron chi connectivity index (χ0n) is 20.5. The largest absolute Gasteiger partial charge is 0.453 e. The third-order valence-corrected chi connectivity index (χ3v) is 6.49. The SMILES string of the molecule is CC(=O)N(CCCN1C(=O)c2ccccc2C1=O)c1ccc(-c2cc(=O)c3c(N)c(F)cc(F)c3o2)cc1F. The Hall–Kier alpha value is -4.93. The van der Waals surface area contributed by atoms with Gasteiger partial charge in [-0.15, -0.1) is 0 Å². The molecule has 8 nitrogen and oxygen atoms in total. The second-order valence-electron chi connectivity index (χ2n) is 8.93. The first-order valence-electron chi connectivity index (χ1n) is 11.8. The first kappa shape index (κ1) is 25.7. The average Bonchev–Trinajstić information content (AvgIpc) is 3.14. The Labute approximate surface area is 219 Å². The van der Waals surface area contributed by atoms with E-state index >= 15 is 4.39 Å². The molecule has 0 atom stereocenters. The molecule has 0 spiro atoms. The topological polar surface area (TPSA) is 114 Å². The van der Waals surface area contributed by atoms with Gasteiger partial charge in [-0.25, -0.2) is 13.2 Å². The molecule has 0 fully saturated rings. The highest BCUT2D eigenvalue weighted by atomic mass is 19.1. The van der Waals surface area contributed by atoms with Crippen LogP contribution < -0.4 is 16.1 Å². The van der Waals surface area contributed by atoms with Crippen LogP contribution in [0, 0.1) is 17.5 Å². The second kappa shape index (κ2) is 9.75. The Morgan fingerprint density at radius 1 is 0.923 bits per heavy atom. The molecule has 0 unspecified atom stereocenters. The summed E-state index contributed by atoms with van der Waals surface area (Å²) in [5.74, 6) is -4.64. The number of fused-ring (bicyclic) bond motifs is 2. The molecule has 0 saturated heterocycles. The van der Waals surface area contributed by atoms with E-state index in [2.05, 4.69) is 0 Å². The van der Waals surface area contributed by atoms with Crippen molar-refractivity contribution in [3.8, 4) is 11.3 Å². The maximum Gasteiger partial charge on any atom is 0.261 e. The van der Waals surface area contributed by atoms with E-state index in [1.807, 2.05) is 0 Å². The van der Waals surface area contributed by atoms with Crippen LogP contribution in [-0.4, -0.2) is 35.7 Å². The zero-order valence-corrected chi connectivity index (χ0v) is 20.5. The first-order chi connectivity index (χ1) is 18.6. The van der Waals surface area contributed by atoms with E-state index in [9.17, 15) is 28.0 Å². The molecule has 198 valence electrons. The van der Waals surface area contributed by atoms with Gasteiger partial charge in [-0.1, -0.05) is 12.1 Å². The van der Waals surface area contributed by atoms with Gasteiger partial charge < -0.3 is 15.1 Å². The van der Waals surface area contributed by atoms with Gasteiger partial charge in [0.2, 0.25) is 5.91 Å². The number of nitrogens with zero attached hydrogens (tertiary/aromatic N) is 2. The summed E-state index contributed by atoms with van der Waals surface area (Å²) >= 11 is 0. The van der Waals surface area contributed by atoms with Gasteiger partial charge in [-0.05, 0) is 36.8 Å². The molecule has 1 aliphatic rings. The van der Waals surface area contributed by atoms with Crippen molar-refractivity contribution in [3.63, 3.8) is 0 Å². The van der Waals surface area contributed by atoms with E-state index in [0.717, 1.165) is 21.9 Å². The Kier molecular flexibility index (Phi) is 6.43. The van der Waals surface area contributed by atoms with E-state index in [1.165, 1.54) is 19.1 Å². The van der Waals surface area contributed by atoms with Crippen molar-refractivity contribution in [1.82, 2.24) is 4.90 Å². The summed E-state index contributed by atoms with van der Waals surface area (Å²) in [7, 11) is 0. The number of amides is 3. The number of benzene rings is 3. The quantitative estimate of drug-likeness (QED) is 0.287. The van der Waals surface area contributed by atoms with Crippen molar-refractivity contribution in [3.05, 3.63) is 93.4 Å². The van der Waals surface area contributed by atoms with E-state index < -0.39 is 57.3 Å². The molecule has 1 aromatic heterocycles. The van der Waals surface area contributed by atoms with Crippen LogP contribution in [0.3, 0.4) is 0 Å². The lowest BCUT2D eigenvalue weighted by Gasteiger charge is -2.23. The highest BCUT2D eigenvalue weighted by molar-refractivity contribution is 6.21. The molecular weight excluding hydrogens is 515 g/mol. The molecule has 2 N–H and O–H groups in total. The van der Waals surface area contributed by atoms with Gasteiger partial charge in [0.05, 0.1) is 27.9 Å². The molecule has 39 heavy (non-hydrogen) atoms. The van der Waals surface area contributed by atoms with Crippen LogP contribution in [0.1, 0.15) is 34.1 Å². The highest BCUT2D eigenvalue weighted by Crippen LogP contribution is 2.31. The Morgan fingerprint density at radius 3 is 2.21 bits per heavy atom. The van der Waals surface area contributed by atoms with Crippen molar-refractivity contribution in [2.75, 3.05) is 23.7 Å². The van der Waals surface area contributed by atoms with Crippen LogP contribution in [0.4, 0.5) is 24.5 Å². The lowest BCUT2D eigenvalue weighted by atomic mass is 10.1. The molecule has 4 aromatic rings. The van der Waals surface area contributed by atoms with Crippen LogP contribution in [-0.2, 0) is 4.79 Å². The number of anilines is 2. The summed E-state index contributed by atoms with van der Waals surface area (Å²) < 4.78 is 48.7. The van der Waals surface area contributed by atoms with Gasteiger partial charge in [0.15, 0.2) is 16.8 Å². The highest BCUT2D eigenvalue weighted by Gasteiger charge is 2.34. The molecule has 0 aliphatic carbocycles. The van der Waals surface area contributed by atoms with E-state index in [0.29, 0.717) is 17.2 Å². The summed E-state index contributed by atoms with van der Waals surface area (Å²) in [5.41, 5.74) is 4.20. The minimum Gasteiger partial charge on any atom is -0.453 e. The van der Waals surface area contributed by atoms with Gasteiger partial charge in [-0.2, -0.15) is 0 Å². The van der Waals surface area contributed by atoms with Crippen molar-refractivity contribution in [2.24, 2.45) is 0 Å². The van der Waals surface area contributed by atoms with Gasteiger partial charge in [0.1, 0.15) is 17.4 Å². The summed E-state index contributed by atoms with van der Waals surface area (Å²) in [4.78, 5) is 52.2. The van der Waals surface area contributed by atoms with Gasteiger partial charge in [-0.3, -0.25) is 24.1 Å². The third-order valence-electron chi connectivity index (χ3n) is 6.49. The molecular formula is C28H20F3N3O5. The zero-order chi connectivity index (χ0) is 28.0. The summed E-state index contributed by atoms with van der Waals surface area (Å²) in [6.07, 6.45) is 0.184. The minimum atomic E-state index is -1.14. The molecule has 0 saturated carbocycles. The number of rotatable bonds is 6. The summed E-state index contributed by atoms with van der Waals surface area (Å²) in [6.45, 7) is 1.26. The standard InChI is InChI=1S/C28H20F3N3O5/c1-14(35)33(9-4-10-34-27(37)16-5-2-3-6-17(16)28(34)38)21-8-7-15(11-18(21)29)23-13-22(36)24-25(32)19(30)12-20(31)26(24)39-23/h2-3,5-8,11-13H,4,9-10,32H2,1H3. The van der Waals surface area contributed by atoms with Gasteiger partial charge in [0.25, 0.3) is 11.8 Å². The van der Waals surface area contributed by atoms with E-state index in [4.69, 9.17) is 10.2 Å². The average molecular weight is 535 g/mol. The van der Waals surface area contributed by atoms with Crippen molar-refractivity contribution < 1.29 is 32.0 Å². The smallest absolute Gasteiger partial charge is 0.261 e. The molecule has 0 bridgehead atoms. The summed E-state index contributed by atoms with van der Waals surface area (Å²) in [5, 5.41) is -0.464. The minimum absolute atomic E-state index is 0.000114. The van der Waals surface area contributed by atoms with Gasteiger partial charge >= 0.3 is 0 Å². The van der Waals surface area contributed by atoms with E-state index in [-0.39, 0.29) is 36.5 Å². The fourth-order valence-corrected chi connectivity index (χ4v) is 4.59. The fraction of sp³-hybridized carbons (Fsp3) is 0.143.